The molecule has 0 aliphatic carbocycles. The number of imidazole rings is 1. The van der Waals surface area contributed by atoms with Gasteiger partial charge < -0.3 is 4.52 Å². The molecular weight excluding hydrogens is 316 g/mol. The maximum atomic E-state index is 12.5. The molecular formula is C19H18N4O2. The van der Waals surface area contributed by atoms with Gasteiger partial charge in [-0.25, -0.2) is 9.78 Å². The fourth-order valence-corrected chi connectivity index (χ4v) is 3.30. The van der Waals surface area contributed by atoms with Crippen LogP contribution in [-0.4, -0.2) is 19.7 Å². The molecule has 0 bridgehead atoms. The Morgan fingerprint density at radius 1 is 1.20 bits per heavy atom. The van der Waals surface area contributed by atoms with Crippen LogP contribution in [0.1, 0.15) is 30.0 Å². The van der Waals surface area contributed by atoms with Crippen LogP contribution in [0.4, 0.5) is 0 Å². The molecule has 6 heteroatoms. The molecule has 0 aliphatic rings. The molecule has 1 atom stereocenters. The summed E-state index contributed by atoms with van der Waals surface area (Å²) in [5.74, 6) is 0.735. The first-order valence-corrected chi connectivity index (χ1v) is 8.14. The molecule has 1 N–H and O–H groups in total. The second kappa shape index (κ2) is 5.73. The number of aromatic nitrogens is 4. The van der Waals surface area contributed by atoms with Crippen LogP contribution in [0.15, 0.2) is 51.9 Å². The van der Waals surface area contributed by atoms with Crippen LogP contribution < -0.4 is 5.69 Å². The Bertz CT molecular complexity index is 1090. The highest BCUT2D eigenvalue weighted by Crippen LogP contribution is 2.29. The van der Waals surface area contributed by atoms with Crippen molar-refractivity contribution in [2.75, 3.05) is 0 Å². The molecule has 3 heterocycles. The minimum absolute atomic E-state index is 0.107. The smallest absolute Gasteiger partial charge is 0.328 e. The lowest BCUT2D eigenvalue weighted by molar-refractivity contribution is 0.393. The van der Waals surface area contributed by atoms with Gasteiger partial charge in [0.15, 0.2) is 5.65 Å². The number of hydrogen-bond donors (Lipinski definition) is 1. The largest absolute Gasteiger partial charge is 0.361 e. The Morgan fingerprint density at radius 3 is 2.64 bits per heavy atom. The van der Waals surface area contributed by atoms with Gasteiger partial charge in [0, 0.05) is 17.3 Å². The fraction of sp³-hybridized carbons (Fsp3) is 0.211. The molecule has 0 saturated carbocycles. The number of rotatable bonds is 3. The predicted octanol–water partition coefficient (Wildman–Crippen LogP) is 3.61. The predicted molar refractivity (Wildman–Crippen MR) is 95.6 cm³/mol. The average Bonchev–Trinajstić information content (AvgIpc) is 3.12. The standard InChI is InChI=1S/C19H18N4O2/c1-11-17(13(3)25-22-11)15-9-16-18(20-10-15)21-19(24)23(16)12(2)14-7-5-4-6-8-14/h4-10,12H,1-3H3,(H,20,21,24)/t12-/m1/s1. The molecule has 0 saturated heterocycles. The van der Waals surface area contributed by atoms with Crippen LogP contribution in [0.3, 0.4) is 0 Å². The molecule has 0 amide bonds. The van der Waals surface area contributed by atoms with Gasteiger partial charge in [0.2, 0.25) is 0 Å². The van der Waals surface area contributed by atoms with Crippen molar-refractivity contribution in [1.82, 2.24) is 19.7 Å². The summed E-state index contributed by atoms with van der Waals surface area (Å²) in [4.78, 5) is 19.8. The van der Waals surface area contributed by atoms with Gasteiger partial charge in [-0.1, -0.05) is 35.5 Å². The van der Waals surface area contributed by atoms with Crippen molar-refractivity contribution in [3.8, 4) is 11.1 Å². The first kappa shape index (κ1) is 15.4. The van der Waals surface area contributed by atoms with Gasteiger partial charge in [0.25, 0.3) is 0 Å². The number of aromatic amines is 1. The van der Waals surface area contributed by atoms with E-state index in [1.165, 1.54) is 0 Å². The molecule has 126 valence electrons. The Labute approximate surface area is 144 Å². The lowest BCUT2D eigenvalue weighted by Gasteiger charge is -2.14. The summed E-state index contributed by atoms with van der Waals surface area (Å²) < 4.78 is 7.00. The van der Waals surface area contributed by atoms with Gasteiger partial charge >= 0.3 is 5.69 Å². The Hall–Kier alpha value is -3.15. The average molecular weight is 334 g/mol. The maximum absolute atomic E-state index is 12.5. The molecule has 0 aliphatic heterocycles. The number of fused-ring (bicyclic) bond motifs is 1. The van der Waals surface area contributed by atoms with Crippen LogP contribution in [0.2, 0.25) is 0 Å². The summed E-state index contributed by atoms with van der Waals surface area (Å²) in [7, 11) is 0. The third-order valence-corrected chi connectivity index (χ3v) is 4.56. The molecule has 3 aromatic heterocycles. The molecule has 4 aromatic rings. The molecule has 1 aromatic carbocycles. The van der Waals surface area contributed by atoms with Crippen molar-refractivity contribution in [2.45, 2.75) is 26.8 Å². The van der Waals surface area contributed by atoms with Crippen molar-refractivity contribution >= 4 is 11.2 Å². The summed E-state index contributed by atoms with van der Waals surface area (Å²) >= 11 is 0. The van der Waals surface area contributed by atoms with Crippen molar-refractivity contribution in [3.05, 3.63) is 70.1 Å². The lowest BCUT2D eigenvalue weighted by atomic mass is 10.1. The highest BCUT2D eigenvalue weighted by atomic mass is 16.5. The highest BCUT2D eigenvalue weighted by molar-refractivity contribution is 5.79. The van der Waals surface area contributed by atoms with Crippen molar-refractivity contribution in [1.29, 1.82) is 0 Å². The zero-order valence-corrected chi connectivity index (χ0v) is 14.3. The number of benzene rings is 1. The first-order chi connectivity index (χ1) is 12.1. The maximum Gasteiger partial charge on any atom is 0.328 e. The van der Waals surface area contributed by atoms with E-state index in [9.17, 15) is 4.79 Å². The van der Waals surface area contributed by atoms with E-state index < -0.39 is 0 Å². The van der Waals surface area contributed by atoms with Gasteiger partial charge in [-0.05, 0) is 32.4 Å². The summed E-state index contributed by atoms with van der Waals surface area (Å²) in [5.41, 5.74) is 4.84. The monoisotopic (exact) mass is 334 g/mol. The van der Waals surface area contributed by atoms with E-state index in [0.29, 0.717) is 5.65 Å². The van der Waals surface area contributed by atoms with E-state index in [4.69, 9.17) is 4.52 Å². The molecule has 4 rings (SSSR count). The number of nitrogens with one attached hydrogen (secondary N) is 1. The SMILES string of the molecule is Cc1noc(C)c1-c1cnc2[nH]c(=O)n([C@H](C)c3ccccc3)c2c1. The summed E-state index contributed by atoms with van der Waals surface area (Å²) in [5, 5.41) is 4.00. The van der Waals surface area contributed by atoms with E-state index >= 15 is 0 Å². The molecule has 0 spiro atoms. The van der Waals surface area contributed by atoms with E-state index in [2.05, 4.69) is 15.1 Å². The van der Waals surface area contributed by atoms with Crippen LogP contribution in [0.25, 0.3) is 22.3 Å². The van der Waals surface area contributed by atoms with E-state index in [0.717, 1.165) is 33.7 Å². The van der Waals surface area contributed by atoms with Crippen molar-refractivity contribution in [2.24, 2.45) is 0 Å². The lowest BCUT2D eigenvalue weighted by Crippen LogP contribution is -2.21. The molecule has 6 nitrogen and oxygen atoms in total. The van der Waals surface area contributed by atoms with Crippen LogP contribution in [0, 0.1) is 13.8 Å². The van der Waals surface area contributed by atoms with E-state index in [1.54, 1.807) is 10.8 Å². The zero-order valence-electron chi connectivity index (χ0n) is 14.3. The van der Waals surface area contributed by atoms with Crippen LogP contribution in [-0.2, 0) is 0 Å². The van der Waals surface area contributed by atoms with Crippen molar-refractivity contribution < 1.29 is 4.52 Å². The summed E-state index contributed by atoms with van der Waals surface area (Å²) in [6.45, 7) is 5.77. The van der Waals surface area contributed by atoms with Gasteiger partial charge in [-0.15, -0.1) is 0 Å². The van der Waals surface area contributed by atoms with E-state index in [1.807, 2.05) is 57.2 Å². The van der Waals surface area contributed by atoms with Gasteiger partial charge in [0.05, 0.1) is 17.3 Å². The minimum atomic E-state index is -0.172. The molecule has 0 radical (unpaired) electrons. The Morgan fingerprint density at radius 2 is 1.96 bits per heavy atom. The number of nitrogens with zero attached hydrogens (tertiary/aromatic N) is 3. The first-order valence-electron chi connectivity index (χ1n) is 8.14. The third kappa shape index (κ3) is 2.46. The fourth-order valence-electron chi connectivity index (χ4n) is 3.30. The number of hydrogen-bond acceptors (Lipinski definition) is 4. The van der Waals surface area contributed by atoms with Gasteiger partial charge in [-0.2, -0.15) is 0 Å². The Balaban J connectivity index is 1.92. The van der Waals surface area contributed by atoms with Gasteiger partial charge in [0.1, 0.15) is 5.76 Å². The Kier molecular flexibility index (Phi) is 3.53. The van der Waals surface area contributed by atoms with Crippen LogP contribution >= 0.6 is 0 Å². The second-order valence-electron chi connectivity index (χ2n) is 6.18. The normalized spacial score (nSPS) is 12.6. The van der Waals surface area contributed by atoms with Crippen LogP contribution in [0.5, 0.6) is 0 Å². The highest BCUT2D eigenvalue weighted by Gasteiger charge is 2.18. The summed E-state index contributed by atoms with van der Waals surface area (Å²) in [6, 6.07) is 11.8. The number of H-pyrrole nitrogens is 1. The number of aryl methyl sites for hydroxylation is 2. The minimum Gasteiger partial charge on any atom is -0.361 e. The van der Waals surface area contributed by atoms with E-state index in [-0.39, 0.29) is 11.7 Å². The molecule has 25 heavy (non-hydrogen) atoms. The van der Waals surface area contributed by atoms with Gasteiger partial charge in [-0.3, -0.25) is 9.55 Å². The third-order valence-electron chi connectivity index (χ3n) is 4.56. The van der Waals surface area contributed by atoms with Crippen molar-refractivity contribution in [3.63, 3.8) is 0 Å². The number of pyridine rings is 1. The topological polar surface area (TPSA) is 76.7 Å². The quantitative estimate of drug-likeness (QED) is 0.621. The second-order valence-corrected chi connectivity index (χ2v) is 6.18. The summed E-state index contributed by atoms with van der Waals surface area (Å²) in [6.07, 6.45) is 1.74. The molecule has 0 unspecified atom stereocenters. The zero-order chi connectivity index (χ0) is 17.6. The molecule has 0 fully saturated rings.